The molecule has 2 aromatic carbocycles. The standard InChI is InChI=1S/C17H15ClN2O2/c18-14-7-3-1-5-11(14)10-19-16(21)9-13-12-6-2-4-8-15(12)20-17(13)22/h1-8,13H,9-10H2,(H,19,21)(H,20,22). The van der Waals surface area contributed by atoms with E-state index in [4.69, 9.17) is 11.6 Å². The Labute approximate surface area is 133 Å². The van der Waals surface area contributed by atoms with Crippen LogP contribution in [0.15, 0.2) is 48.5 Å². The summed E-state index contributed by atoms with van der Waals surface area (Å²) in [6.45, 7) is 0.356. The van der Waals surface area contributed by atoms with E-state index in [0.29, 0.717) is 11.6 Å². The highest BCUT2D eigenvalue weighted by Crippen LogP contribution is 2.34. The van der Waals surface area contributed by atoms with Crippen LogP contribution in [0.25, 0.3) is 0 Å². The SMILES string of the molecule is O=C(CC1C(=O)Nc2ccccc21)NCc1ccccc1Cl. The monoisotopic (exact) mass is 314 g/mol. The summed E-state index contributed by atoms with van der Waals surface area (Å²) in [4.78, 5) is 24.1. The molecule has 5 heteroatoms. The van der Waals surface area contributed by atoms with Crippen LogP contribution < -0.4 is 10.6 Å². The first-order chi connectivity index (χ1) is 10.6. The lowest BCUT2D eigenvalue weighted by Gasteiger charge is -2.10. The largest absolute Gasteiger partial charge is 0.352 e. The Morgan fingerprint density at radius 3 is 2.68 bits per heavy atom. The van der Waals surface area contributed by atoms with Crippen molar-refractivity contribution < 1.29 is 9.59 Å². The van der Waals surface area contributed by atoms with Crippen LogP contribution in [0.5, 0.6) is 0 Å². The summed E-state index contributed by atoms with van der Waals surface area (Å²) in [6, 6.07) is 14.8. The smallest absolute Gasteiger partial charge is 0.232 e. The first kappa shape index (κ1) is 14.6. The Morgan fingerprint density at radius 1 is 1.14 bits per heavy atom. The zero-order chi connectivity index (χ0) is 15.5. The lowest BCUT2D eigenvalue weighted by molar-refractivity contribution is -0.125. The second kappa shape index (κ2) is 6.20. The minimum Gasteiger partial charge on any atom is -0.352 e. The van der Waals surface area contributed by atoms with E-state index in [-0.39, 0.29) is 18.2 Å². The molecule has 0 saturated heterocycles. The van der Waals surface area contributed by atoms with Gasteiger partial charge in [-0.3, -0.25) is 9.59 Å². The molecule has 112 valence electrons. The molecule has 1 unspecified atom stereocenters. The molecule has 2 N–H and O–H groups in total. The van der Waals surface area contributed by atoms with Crippen molar-refractivity contribution in [2.45, 2.75) is 18.9 Å². The fourth-order valence-electron chi connectivity index (χ4n) is 2.57. The van der Waals surface area contributed by atoms with E-state index < -0.39 is 5.92 Å². The number of para-hydroxylation sites is 1. The van der Waals surface area contributed by atoms with Gasteiger partial charge < -0.3 is 10.6 Å². The highest BCUT2D eigenvalue weighted by atomic mass is 35.5. The third-order valence-electron chi connectivity index (χ3n) is 3.73. The lowest BCUT2D eigenvalue weighted by atomic mass is 9.97. The zero-order valence-electron chi connectivity index (χ0n) is 11.8. The minimum atomic E-state index is -0.428. The number of halogens is 1. The molecule has 4 nitrogen and oxygen atoms in total. The van der Waals surface area contributed by atoms with E-state index in [1.165, 1.54) is 0 Å². The first-order valence-electron chi connectivity index (χ1n) is 7.05. The number of anilines is 1. The van der Waals surface area contributed by atoms with Crippen molar-refractivity contribution in [2.75, 3.05) is 5.32 Å². The molecule has 1 heterocycles. The molecule has 1 aliphatic heterocycles. The molecule has 2 aromatic rings. The highest BCUT2D eigenvalue weighted by molar-refractivity contribution is 6.31. The number of hydrogen-bond acceptors (Lipinski definition) is 2. The number of carbonyl (C=O) groups is 2. The summed E-state index contributed by atoms with van der Waals surface area (Å²) >= 11 is 6.05. The van der Waals surface area contributed by atoms with E-state index in [1.54, 1.807) is 6.07 Å². The first-order valence-corrected chi connectivity index (χ1v) is 7.43. The Morgan fingerprint density at radius 2 is 1.86 bits per heavy atom. The topological polar surface area (TPSA) is 58.2 Å². The second-order valence-electron chi connectivity index (χ2n) is 5.20. The van der Waals surface area contributed by atoms with Crippen LogP contribution in [0.4, 0.5) is 5.69 Å². The van der Waals surface area contributed by atoms with Crippen molar-refractivity contribution in [1.82, 2.24) is 5.32 Å². The van der Waals surface area contributed by atoms with Gasteiger partial charge in [-0.05, 0) is 23.3 Å². The van der Waals surface area contributed by atoms with Crippen LogP contribution in [0.3, 0.4) is 0 Å². The predicted molar refractivity (Wildman–Crippen MR) is 85.7 cm³/mol. The number of fused-ring (bicyclic) bond motifs is 1. The van der Waals surface area contributed by atoms with Crippen molar-refractivity contribution in [2.24, 2.45) is 0 Å². The van der Waals surface area contributed by atoms with Crippen LogP contribution in [0, 0.1) is 0 Å². The molecule has 3 rings (SSSR count). The van der Waals surface area contributed by atoms with Crippen molar-refractivity contribution >= 4 is 29.1 Å². The fourth-order valence-corrected chi connectivity index (χ4v) is 2.77. The Balaban J connectivity index is 1.63. The van der Waals surface area contributed by atoms with E-state index in [2.05, 4.69) is 10.6 Å². The van der Waals surface area contributed by atoms with Crippen molar-refractivity contribution in [3.63, 3.8) is 0 Å². The van der Waals surface area contributed by atoms with Crippen molar-refractivity contribution in [3.8, 4) is 0 Å². The third-order valence-corrected chi connectivity index (χ3v) is 4.10. The van der Waals surface area contributed by atoms with E-state index in [9.17, 15) is 9.59 Å². The van der Waals surface area contributed by atoms with Crippen molar-refractivity contribution in [3.05, 3.63) is 64.7 Å². The molecule has 0 aromatic heterocycles. The van der Waals surface area contributed by atoms with Gasteiger partial charge in [-0.15, -0.1) is 0 Å². The number of hydrogen-bond donors (Lipinski definition) is 2. The van der Waals surface area contributed by atoms with Crippen LogP contribution in [-0.2, 0) is 16.1 Å². The van der Waals surface area contributed by atoms with Gasteiger partial charge in [-0.1, -0.05) is 48.0 Å². The lowest BCUT2D eigenvalue weighted by Crippen LogP contribution is -2.26. The molecule has 2 amide bonds. The number of rotatable bonds is 4. The van der Waals surface area contributed by atoms with Gasteiger partial charge in [-0.25, -0.2) is 0 Å². The molecule has 0 bridgehead atoms. The Hall–Kier alpha value is -2.33. The maximum absolute atomic E-state index is 12.1. The second-order valence-corrected chi connectivity index (χ2v) is 5.61. The summed E-state index contributed by atoms with van der Waals surface area (Å²) in [5.74, 6) is -0.728. The summed E-state index contributed by atoms with van der Waals surface area (Å²) in [5, 5.41) is 6.23. The quantitative estimate of drug-likeness (QED) is 0.911. The van der Waals surface area contributed by atoms with Gasteiger partial charge in [0.25, 0.3) is 0 Å². The molecule has 1 atom stereocenters. The van der Waals surface area contributed by atoms with Gasteiger partial charge in [0.15, 0.2) is 0 Å². The Bertz CT molecular complexity index is 730. The number of nitrogens with one attached hydrogen (secondary N) is 2. The van der Waals surface area contributed by atoms with E-state index in [0.717, 1.165) is 16.8 Å². The van der Waals surface area contributed by atoms with Crippen LogP contribution in [-0.4, -0.2) is 11.8 Å². The molecule has 22 heavy (non-hydrogen) atoms. The third kappa shape index (κ3) is 2.97. The summed E-state index contributed by atoms with van der Waals surface area (Å²) in [6.07, 6.45) is 0.132. The van der Waals surface area contributed by atoms with Crippen LogP contribution in [0.1, 0.15) is 23.5 Å². The van der Waals surface area contributed by atoms with Gasteiger partial charge in [0.05, 0.1) is 5.92 Å². The van der Waals surface area contributed by atoms with Gasteiger partial charge in [0.1, 0.15) is 0 Å². The summed E-state index contributed by atoms with van der Waals surface area (Å²) in [5.41, 5.74) is 2.52. The molecule has 0 spiro atoms. The van der Waals surface area contributed by atoms with Gasteiger partial charge in [-0.2, -0.15) is 0 Å². The maximum atomic E-state index is 12.1. The maximum Gasteiger partial charge on any atom is 0.232 e. The van der Waals surface area contributed by atoms with Crippen LogP contribution >= 0.6 is 11.6 Å². The molecular formula is C17H15ClN2O2. The predicted octanol–water partition coefficient (Wildman–Crippen LogP) is 3.08. The van der Waals surface area contributed by atoms with Gasteiger partial charge >= 0.3 is 0 Å². The number of benzene rings is 2. The summed E-state index contributed by atoms with van der Waals surface area (Å²) in [7, 11) is 0. The molecular weight excluding hydrogens is 300 g/mol. The normalized spacial score (nSPS) is 16.0. The molecule has 0 saturated carbocycles. The Kier molecular flexibility index (Phi) is 4.11. The average Bonchev–Trinajstić information content (AvgIpc) is 2.83. The molecule has 0 fully saturated rings. The van der Waals surface area contributed by atoms with Gasteiger partial charge in [0.2, 0.25) is 11.8 Å². The van der Waals surface area contributed by atoms with Crippen LogP contribution in [0.2, 0.25) is 5.02 Å². The summed E-state index contributed by atoms with van der Waals surface area (Å²) < 4.78 is 0. The van der Waals surface area contributed by atoms with E-state index >= 15 is 0 Å². The molecule has 0 radical (unpaired) electrons. The molecule has 0 aliphatic carbocycles. The minimum absolute atomic E-state index is 0.130. The highest BCUT2D eigenvalue weighted by Gasteiger charge is 2.31. The fraction of sp³-hybridized carbons (Fsp3) is 0.176. The number of carbonyl (C=O) groups excluding carboxylic acids is 2. The number of amides is 2. The van der Waals surface area contributed by atoms with Crippen molar-refractivity contribution in [1.29, 1.82) is 0 Å². The van der Waals surface area contributed by atoms with Gasteiger partial charge in [0, 0.05) is 23.7 Å². The van der Waals surface area contributed by atoms with E-state index in [1.807, 2.05) is 42.5 Å². The average molecular weight is 315 g/mol. The zero-order valence-corrected chi connectivity index (χ0v) is 12.6. The molecule has 1 aliphatic rings.